The Kier molecular flexibility index (Phi) is 4.61. The van der Waals surface area contributed by atoms with Crippen molar-refractivity contribution in [1.29, 1.82) is 0 Å². The number of rotatable bonds is 4. The first kappa shape index (κ1) is 17.0. The van der Waals surface area contributed by atoms with E-state index in [1.54, 1.807) is 39.4 Å². The predicted octanol–water partition coefficient (Wildman–Crippen LogP) is 3.51. The lowest BCUT2D eigenvalue weighted by Crippen LogP contribution is -2.35. The molecule has 0 bridgehead atoms. The molecule has 4 rings (SSSR count). The monoisotopic (exact) mass is 366 g/mol. The zero-order valence-corrected chi connectivity index (χ0v) is 15.2. The molecule has 0 amide bonds. The Morgan fingerprint density at radius 1 is 0.885 bits per heavy atom. The molecule has 5 nitrogen and oxygen atoms in total. The maximum Gasteiger partial charge on any atom is 0.243 e. The number of hydrogen-bond donors (Lipinski definition) is 0. The Labute approximate surface area is 153 Å². The number of benzene rings is 2. The van der Waals surface area contributed by atoms with Crippen LogP contribution in [0, 0.1) is 6.07 Å². The van der Waals surface area contributed by atoms with Crippen molar-refractivity contribution in [2.45, 2.75) is 24.2 Å². The van der Waals surface area contributed by atoms with E-state index in [-0.39, 0.29) is 0 Å². The van der Waals surface area contributed by atoms with Crippen LogP contribution in [0.4, 0.5) is 0 Å². The van der Waals surface area contributed by atoms with Gasteiger partial charge in [0.05, 0.1) is 10.6 Å². The van der Waals surface area contributed by atoms with Crippen molar-refractivity contribution in [3.8, 4) is 16.9 Å². The summed E-state index contributed by atoms with van der Waals surface area (Å²) in [6.45, 7) is 1.22. The minimum Gasteiger partial charge on any atom is -0.240 e. The van der Waals surface area contributed by atoms with E-state index in [0.29, 0.717) is 23.7 Å². The fourth-order valence-electron chi connectivity index (χ4n) is 3.18. The molecule has 3 aromatic rings. The molecule has 1 fully saturated rings. The number of para-hydroxylation sites is 1. The molecule has 0 N–H and O–H groups in total. The molecule has 1 aliphatic heterocycles. The molecule has 1 aromatic heterocycles. The van der Waals surface area contributed by atoms with E-state index >= 15 is 0 Å². The van der Waals surface area contributed by atoms with Gasteiger partial charge in [-0.15, -0.1) is 0 Å². The maximum absolute atomic E-state index is 12.7. The first-order valence-electron chi connectivity index (χ1n) is 8.78. The highest BCUT2D eigenvalue weighted by atomic mass is 32.2. The minimum absolute atomic E-state index is 0.339. The van der Waals surface area contributed by atoms with Crippen molar-refractivity contribution in [3.63, 3.8) is 0 Å². The van der Waals surface area contributed by atoms with Crippen LogP contribution in [0.5, 0.6) is 0 Å². The lowest BCUT2D eigenvalue weighted by atomic mass is 10.2. The van der Waals surface area contributed by atoms with Crippen molar-refractivity contribution in [2.75, 3.05) is 13.1 Å². The summed E-state index contributed by atoms with van der Waals surface area (Å²) in [5.41, 5.74) is 2.49. The maximum atomic E-state index is 12.7. The van der Waals surface area contributed by atoms with Gasteiger partial charge in [0.25, 0.3) is 0 Å². The van der Waals surface area contributed by atoms with E-state index in [1.807, 2.05) is 30.3 Å². The fraction of sp³-hybridized carbons (Fsp3) is 0.250. The highest BCUT2D eigenvalue weighted by molar-refractivity contribution is 7.89. The molecule has 0 saturated carbocycles. The van der Waals surface area contributed by atoms with Gasteiger partial charge in [-0.05, 0) is 37.1 Å². The van der Waals surface area contributed by atoms with E-state index in [2.05, 4.69) is 11.2 Å². The number of hydrogen-bond acceptors (Lipinski definition) is 3. The highest BCUT2D eigenvalue weighted by Gasteiger charge is 2.25. The molecule has 0 unspecified atom stereocenters. The van der Waals surface area contributed by atoms with E-state index in [1.165, 1.54) is 0 Å². The van der Waals surface area contributed by atoms with Crippen LogP contribution in [-0.4, -0.2) is 35.6 Å². The summed E-state index contributed by atoms with van der Waals surface area (Å²) in [6, 6.07) is 19.9. The van der Waals surface area contributed by atoms with Crippen LogP contribution in [0.2, 0.25) is 0 Å². The molecule has 1 radical (unpaired) electrons. The van der Waals surface area contributed by atoms with Crippen LogP contribution in [0.25, 0.3) is 16.9 Å². The lowest BCUT2D eigenvalue weighted by molar-refractivity contribution is 0.346. The standard InChI is InChI=1S/C20H20N3O2S/c24-26(25,22-14-5-2-6-15-22)19-11-9-17(10-12-19)20-13-16-23(21-20)18-7-3-1-4-8-18/h1,3-4,7-12,16H,2,5-6,14-15H2. The molecular weight excluding hydrogens is 346 g/mol. The molecule has 0 aliphatic carbocycles. The van der Waals surface area contributed by atoms with E-state index < -0.39 is 10.0 Å². The average Bonchev–Trinajstić information content (AvgIpc) is 3.20. The van der Waals surface area contributed by atoms with Gasteiger partial charge >= 0.3 is 0 Å². The smallest absolute Gasteiger partial charge is 0.240 e. The summed E-state index contributed by atoms with van der Waals surface area (Å²) >= 11 is 0. The molecule has 2 heterocycles. The lowest BCUT2D eigenvalue weighted by Gasteiger charge is -2.25. The molecular formula is C20H20N3O2S. The Bertz CT molecular complexity index is 973. The first-order valence-corrected chi connectivity index (χ1v) is 10.2. The summed E-state index contributed by atoms with van der Waals surface area (Å²) in [4.78, 5) is 0.339. The third-order valence-electron chi connectivity index (χ3n) is 4.63. The number of nitrogens with zero attached hydrogens (tertiary/aromatic N) is 3. The zero-order chi connectivity index (χ0) is 18.0. The van der Waals surface area contributed by atoms with Crippen LogP contribution in [0.3, 0.4) is 0 Å². The zero-order valence-electron chi connectivity index (χ0n) is 14.4. The van der Waals surface area contributed by atoms with Gasteiger partial charge in [0.15, 0.2) is 0 Å². The van der Waals surface area contributed by atoms with Gasteiger partial charge in [-0.2, -0.15) is 9.40 Å². The Hall–Kier alpha value is -2.44. The second-order valence-electron chi connectivity index (χ2n) is 6.39. The molecule has 133 valence electrons. The van der Waals surface area contributed by atoms with Gasteiger partial charge in [-0.25, -0.2) is 13.1 Å². The largest absolute Gasteiger partial charge is 0.243 e. The topological polar surface area (TPSA) is 55.2 Å². The van der Waals surface area contributed by atoms with Crippen molar-refractivity contribution >= 4 is 10.0 Å². The SMILES string of the molecule is O=S(=O)(c1ccc(-c2[c]cn(-c3ccccc3)n2)cc1)N1CCCCC1. The first-order chi connectivity index (χ1) is 12.6. The fourth-order valence-corrected chi connectivity index (χ4v) is 4.70. The van der Waals surface area contributed by atoms with Gasteiger partial charge in [0, 0.05) is 30.9 Å². The Morgan fingerprint density at radius 3 is 2.27 bits per heavy atom. The van der Waals surface area contributed by atoms with Crippen LogP contribution in [0.15, 0.2) is 65.7 Å². The van der Waals surface area contributed by atoms with Crippen LogP contribution >= 0.6 is 0 Å². The summed E-state index contributed by atoms with van der Waals surface area (Å²) in [7, 11) is -3.40. The van der Waals surface area contributed by atoms with Crippen LogP contribution in [0.1, 0.15) is 19.3 Å². The normalized spacial score (nSPS) is 15.8. The quantitative estimate of drug-likeness (QED) is 0.710. The summed E-state index contributed by atoms with van der Waals surface area (Å²) in [6.07, 6.45) is 4.75. The van der Waals surface area contributed by atoms with Crippen molar-refractivity contribution in [1.82, 2.24) is 14.1 Å². The second kappa shape index (κ2) is 7.05. The molecule has 1 saturated heterocycles. The molecule has 26 heavy (non-hydrogen) atoms. The predicted molar refractivity (Wildman–Crippen MR) is 100 cm³/mol. The van der Waals surface area contributed by atoms with E-state index in [0.717, 1.165) is 30.5 Å². The van der Waals surface area contributed by atoms with E-state index in [9.17, 15) is 8.42 Å². The summed E-state index contributed by atoms with van der Waals surface area (Å²) in [5, 5.41) is 4.53. The van der Waals surface area contributed by atoms with E-state index in [4.69, 9.17) is 0 Å². The van der Waals surface area contributed by atoms with Crippen molar-refractivity contribution < 1.29 is 8.42 Å². The van der Waals surface area contributed by atoms with Gasteiger partial charge < -0.3 is 0 Å². The number of sulfonamides is 1. The van der Waals surface area contributed by atoms with Crippen molar-refractivity contribution in [3.05, 3.63) is 66.9 Å². The third-order valence-corrected chi connectivity index (χ3v) is 6.55. The number of piperidine rings is 1. The highest BCUT2D eigenvalue weighted by Crippen LogP contribution is 2.24. The second-order valence-corrected chi connectivity index (χ2v) is 8.33. The van der Waals surface area contributed by atoms with Crippen molar-refractivity contribution in [2.24, 2.45) is 0 Å². The summed E-state index contributed by atoms with van der Waals surface area (Å²) in [5.74, 6) is 0. The molecule has 6 heteroatoms. The Balaban J connectivity index is 1.57. The van der Waals surface area contributed by atoms with Crippen LogP contribution in [-0.2, 0) is 10.0 Å². The average molecular weight is 366 g/mol. The number of aromatic nitrogens is 2. The molecule has 2 aromatic carbocycles. The summed E-state index contributed by atoms with van der Waals surface area (Å²) < 4.78 is 28.8. The van der Waals surface area contributed by atoms with Gasteiger partial charge in [0.1, 0.15) is 5.69 Å². The van der Waals surface area contributed by atoms with Gasteiger partial charge in [-0.3, -0.25) is 0 Å². The molecule has 0 spiro atoms. The Morgan fingerprint density at radius 2 is 1.58 bits per heavy atom. The van der Waals surface area contributed by atoms with Gasteiger partial charge in [0.2, 0.25) is 10.0 Å². The minimum atomic E-state index is -3.40. The molecule has 0 atom stereocenters. The third kappa shape index (κ3) is 3.30. The van der Waals surface area contributed by atoms with Gasteiger partial charge in [-0.1, -0.05) is 36.8 Å². The molecule has 1 aliphatic rings. The van der Waals surface area contributed by atoms with Crippen LogP contribution < -0.4 is 0 Å².